The molecule has 0 bridgehead atoms. The predicted molar refractivity (Wildman–Crippen MR) is 83.7 cm³/mol. The van der Waals surface area contributed by atoms with Crippen molar-refractivity contribution in [3.05, 3.63) is 29.9 Å². The molecular weight excluding hydrogens is 335 g/mol. The van der Waals surface area contributed by atoms with E-state index >= 15 is 0 Å². The van der Waals surface area contributed by atoms with Gasteiger partial charge >= 0.3 is 6.18 Å². The van der Waals surface area contributed by atoms with Crippen molar-refractivity contribution >= 4 is 0 Å². The van der Waals surface area contributed by atoms with Gasteiger partial charge in [-0.2, -0.15) is 18.2 Å². The first-order valence-electron chi connectivity index (χ1n) is 8.60. The zero-order valence-corrected chi connectivity index (χ0v) is 14.2. The Labute approximate surface area is 144 Å². The standard InChI is InChI=1S/C16H22F3N5O/c1-2-3-8-24-9-6-20-14(24)12-5-4-7-23(10-12)11-13-21-15(22-25-13)16(17,18)19/h6,9,12H,2-5,7-8,10-11H2,1H3. The van der Waals surface area contributed by atoms with Gasteiger partial charge in [0.15, 0.2) is 0 Å². The molecule has 0 saturated carbocycles. The minimum atomic E-state index is -4.57. The van der Waals surface area contributed by atoms with Gasteiger partial charge in [-0.1, -0.05) is 18.5 Å². The van der Waals surface area contributed by atoms with E-state index in [1.807, 2.05) is 12.4 Å². The number of piperidine rings is 1. The third kappa shape index (κ3) is 4.39. The normalized spacial score (nSPS) is 19.4. The van der Waals surface area contributed by atoms with Crippen LogP contribution in [0.2, 0.25) is 0 Å². The first-order chi connectivity index (χ1) is 12.0. The van der Waals surface area contributed by atoms with Gasteiger partial charge in [0.05, 0.1) is 6.54 Å². The highest BCUT2D eigenvalue weighted by atomic mass is 19.4. The third-order valence-corrected chi connectivity index (χ3v) is 4.45. The number of hydrogen-bond acceptors (Lipinski definition) is 5. The smallest absolute Gasteiger partial charge is 0.338 e. The fraction of sp³-hybridized carbons (Fsp3) is 0.688. The number of hydrogen-bond donors (Lipinski definition) is 0. The van der Waals surface area contributed by atoms with Crippen LogP contribution in [0.3, 0.4) is 0 Å². The lowest BCUT2D eigenvalue weighted by Crippen LogP contribution is -2.35. The Morgan fingerprint density at radius 3 is 2.92 bits per heavy atom. The molecular formula is C16H22F3N5O. The maximum absolute atomic E-state index is 12.6. The van der Waals surface area contributed by atoms with E-state index in [4.69, 9.17) is 4.52 Å². The van der Waals surface area contributed by atoms with Gasteiger partial charge in [-0.15, -0.1) is 0 Å². The Morgan fingerprint density at radius 1 is 1.36 bits per heavy atom. The molecule has 1 fully saturated rings. The zero-order valence-electron chi connectivity index (χ0n) is 14.2. The number of aryl methyl sites for hydroxylation is 1. The molecule has 0 amide bonds. The van der Waals surface area contributed by atoms with Gasteiger partial charge in [-0.3, -0.25) is 4.90 Å². The number of aromatic nitrogens is 4. The van der Waals surface area contributed by atoms with Crippen LogP contribution in [-0.4, -0.2) is 37.7 Å². The summed E-state index contributed by atoms with van der Waals surface area (Å²) in [7, 11) is 0. The van der Waals surface area contributed by atoms with Crippen LogP contribution in [-0.2, 0) is 19.3 Å². The van der Waals surface area contributed by atoms with Gasteiger partial charge in [0.1, 0.15) is 5.82 Å². The Morgan fingerprint density at radius 2 is 2.20 bits per heavy atom. The van der Waals surface area contributed by atoms with Crippen LogP contribution in [0.1, 0.15) is 56.1 Å². The van der Waals surface area contributed by atoms with E-state index in [2.05, 4.69) is 31.5 Å². The molecule has 9 heteroatoms. The summed E-state index contributed by atoms with van der Waals surface area (Å²) in [5, 5.41) is 3.02. The summed E-state index contributed by atoms with van der Waals surface area (Å²) < 4.78 is 44.6. The molecule has 0 spiro atoms. The number of likely N-dealkylation sites (tertiary alicyclic amines) is 1. The fourth-order valence-electron chi connectivity index (χ4n) is 3.23. The molecule has 25 heavy (non-hydrogen) atoms. The molecule has 0 aliphatic carbocycles. The fourth-order valence-corrected chi connectivity index (χ4v) is 3.23. The summed E-state index contributed by atoms with van der Waals surface area (Å²) in [6, 6.07) is 0. The molecule has 3 heterocycles. The minimum Gasteiger partial charge on any atom is -0.338 e. The van der Waals surface area contributed by atoms with E-state index in [0.29, 0.717) is 0 Å². The molecule has 0 N–H and O–H groups in total. The van der Waals surface area contributed by atoms with E-state index in [1.54, 1.807) is 0 Å². The van der Waals surface area contributed by atoms with Crippen molar-refractivity contribution in [3.63, 3.8) is 0 Å². The molecule has 2 aromatic rings. The van der Waals surface area contributed by atoms with Gasteiger partial charge in [0.25, 0.3) is 5.82 Å². The number of nitrogens with zero attached hydrogens (tertiary/aromatic N) is 5. The molecule has 2 aromatic heterocycles. The van der Waals surface area contributed by atoms with E-state index in [9.17, 15) is 13.2 Å². The zero-order chi connectivity index (χ0) is 17.9. The SMILES string of the molecule is CCCCn1ccnc1C1CCCN(Cc2nc(C(F)(F)F)no2)C1. The molecule has 1 atom stereocenters. The van der Waals surface area contributed by atoms with Crippen LogP contribution in [0.25, 0.3) is 0 Å². The molecule has 6 nitrogen and oxygen atoms in total. The molecule has 3 rings (SSSR count). The number of unbranched alkanes of at least 4 members (excludes halogenated alkanes) is 1. The van der Waals surface area contributed by atoms with Crippen molar-refractivity contribution in [2.24, 2.45) is 0 Å². The van der Waals surface area contributed by atoms with Crippen molar-refractivity contribution in [3.8, 4) is 0 Å². The Bertz CT molecular complexity index is 681. The van der Waals surface area contributed by atoms with Crippen molar-refractivity contribution in [2.45, 2.75) is 57.8 Å². The molecule has 1 aliphatic heterocycles. The average molecular weight is 357 g/mol. The van der Waals surface area contributed by atoms with Crippen LogP contribution in [0.15, 0.2) is 16.9 Å². The monoisotopic (exact) mass is 357 g/mol. The summed E-state index contributed by atoms with van der Waals surface area (Å²) in [4.78, 5) is 10.0. The second-order valence-electron chi connectivity index (χ2n) is 6.42. The van der Waals surface area contributed by atoms with Crippen LogP contribution < -0.4 is 0 Å². The summed E-state index contributed by atoms with van der Waals surface area (Å²) in [5.41, 5.74) is 0. The van der Waals surface area contributed by atoms with E-state index < -0.39 is 12.0 Å². The summed E-state index contributed by atoms with van der Waals surface area (Å²) >= 11 is 0. The molecule has 0 radical (unpaired) electrons. The summed E-state index contributed by atoms with van der Waals surface area (Å²) in [6.07, 6.45) is 3.45. The topological polar surface area (TPSA) is 60.0 Å². The van der Waals surface area contributed by atoms with E-state index in [0.717, 1.165) is 51.1 Å². The Balaban J connectivity index is 1.63. The van der Waals surface area contributed by atoms with E-state index in [1.165, 1.54) is 0 Å². The number of halogens is 3. The highest BCUT2D eigenvalue weighted by molar-refractivity contribution is 5.03. The van der Waals surface area contributed by atoms with Crippen LogP contribution >= 0.6 is 0 Å². The van der Waals surface area contributed by atoms with E-state index in [-0.39, 0.29) is 18.4 Å². The van der Waals surface area contributed by atoms with Gasteiger partial charge in [-0.05, 0) is 25.8 Å². The van der Waals surface area contributed by atoms with Gasteiger partial charge in [-0.25, -0.2) is 4.98 Å². The Hall–Kier alpha value is -1.90. The van der Waals surface area contributed by atoms with Crippen molar-refractivity contribution in [1.29, 1.82) is 0 Å². The predicted octanol–water partition coefficient (Wildman–Crippen LogP) is 3.46. The lowest BCUT2D eigenvalue weighted by molar-refractivity contribution is -0.146. The highest BCUT2D eigenvalue weighted by Gasteiger charge is 2.37. The van der Waals surface area contributed by atoms with Gasteiger partial charge in [0.2, 0.25) is 5.89 Å². The lowest BCUT2D eigenvalue weighted by atomic mass is 9.97. The Kier molecular flexibility index (Phi) is 5.41. The maximum atomic E-state index is 12.6. The number of imidazole rings is 1. The largest absolute Gasteiger partial charge is 0.455 e. The minimum absolute atomic E-state index is 0.00213. The van der Waals surface area contributed by atoms with Crippen molar-refractivity contribution in [1.82, 2.24) is 24.6 Å². The first kappa shape index (κ1) is 17.9. The lowest BCUT2D eigenvalue weighted by Gasteiger charge is -2.31. The molecule has 0 aromatic carbocycles. The summed E-state index contributed by atoms with van der Waals surface area (Å²) in [5.74, 6) is 0.110. The number of rotatable bonds is 6. The first-order valence-corrected chi connectivity index (χ1v) is 8.60. The molecule has 138 valence electrons. The van der Waals surface area contributed by atoms with Crippen LogP contribution in [0.4, 0.5) is 13.2 Å². The van der Waals surface area contributed by atoms with Crippen molar-refractivity contribution in [2.75, 3.05) is 13.1 Å². The molecule has 1 saturated heterocycles. The second kappa shape index (κ2) is 7.55. The van der Waals surface area contributed by atoms with Gasteiger partial charge < -0.3 is 9.09 Å². The average Bonchev–Trinajstić information content (AvgIpc) is 3.22. The summed E-state index contributed by atoms with van der Waals surface area (Å²) in [6.45, 7) is 4.86. The molecule has 1 aliphatic rings. The quantitative estimate of drug-likeness (QED) is 0.792. The molecule has 1 unspecified atom stereocenters. The second-order valence-corrected chi connectivity index (χ2v) is 6.42. The van der Waals surface area contributed by atoms with Crippen LogP contribution in [0.5, 0.6) is 0 Å². The maximum Gasteiger partial charge on any atom is 0.455 e. The van der Waals surface area contributed by atoms with Crippen molar-refractivity contribution < 1.29 is 17.7 Å². The third-order valence-electron chi connectivity index (χ3n) is 4.45. The van der Waals surface area contributed by atoms with Crippen LogP contribution in [0, 0.1) is 0 Å². The number of alkyl halides is 3. The highest BCUT2D eigenvalue weighted by Crippen LogP contribution is 2.29. The van der Waals surface area contributed by atoms with Gasteiger partial charge in [0, 0.05) is 31.4 Å².